The summed E-state index contributed by atoms with van der Waals surface area (Å²) >= 11 is 0. The quantitative estimate of drug-likeness (QED) is 0.888. The second kappa shape index (κ2) is 6.17. The first kappa shape index (κ1) is 14.7. The molecule has 0 aliphatic carbocycles. The van der Waals surface area contributed by atoms with Crippen molar-refractivity contribution >= 4 is 17.5 Å². The summed E-state index contributed by atoms with van der Waals surface area (Å²) in [5.41, 5.74) is 1.20. The second-order valence-electron chi connectivity index (χ2n) is 4.76. The van der Waals surface area contributed by atoms with Crippen LogP contribution < -0.4 is 5.32 Å². The summed E-state index contributed by atoms with van der Waals surface area (Å²) in [7, 11) is 1.69. The molecule has 2 aromatic rings. The summed E-state index contributed by atoms with van der Waals surface area (Å²) < 4.78 is 0. The molecule has 0 atom stereocenters. The predicted octanol–water partition coefficient (Wildman–Crippen LogP) is 1.34. The molecular weight excluding hydrogens is 270 g/mol. The van der Waals surface area contributed by atoms with Gasteiger partial charge in [0.2, 0.25) is 5.91 Å². The Morgan fingerprint density at radius 3 is 2.48 bits per heavy atom. The van der Waals surface area contributed by atoms with Crippen LogP contribution in [-0.2, 0) is 11.3 Å². The van der Waals surface area contributed by atoms with Gasteiger partial charge in [0.05, 0.1) is 6.54 Å². The number of rotatable bonds is 4. The summed E-state index contributed by atoms with van der Waals surface area (Å²) in [5.74, 6) is 1.00. The number of nitrogens with one attached hydrogen (secondary N) is 2. The van der Waals surface area contributed by atoms with Gasteiger partial charge in [-0.1, -0.05) is 0 Å². The van der Waals surface area contributed by atoms with Gasteiger partial charge in [0.25, 0.3) is 5.91 Å². The van der Waals surface area contributed by atoms with E-state index in [1.54, 1.807) is 38.2 Å². The van der Waals surface area contributed by atoms with Crippen LogP contribution in [-0.4, -0.2) is 38.9 Å². The molecule has 1 aromatic carbocycles. The molecule has 2 N–H and O–H groups in total. The topological polar surface area (TPSA) is 91.0 Å². The molecule has 0 aliphatic heterocycles. The van der Waals surface area contributed by atoms with Gasteiger partial charge in [0, 0.05) is 25.2 Å². The van der Waals surface area contributed by atoms with Crippen molar-refractivity contribution in [3.63, 3.8) is 0 Å². The number of carbonyl (C=O) groups is 2. The highest BCUT2D eigenvalue weighted by molar-refractivity contribution is 5.95. The largest absolute Gasteiger partial charge is 0.334 e. The van der Waals surface area contributed by atoms with Crippen molar-refractivity contribution in [1.29, 1.82) is 0 Å². The van der Waals surface area contributed by atoms with E-state index in [-0.39, 0.29) is 11.8 Å². The Bertz CT molecular complexity index is 648. The first-order chi connectivity index (χ1) is 9.95. The van der Waals surface area contributed by atoms with Gasteiger partial charge in [-0.3, -0.25) is 14.7 Å². The van der Waals surface area contributed by atoms with E-state index in [2.05, 4.69) is 20.5 Å². The SMILES string of the molecule is CC(=O)Nc1ccc(C(=O)N(C)Cc2n[nH]c(C)n2)cc1. The van der Waals surface area contributed by atoms with Gasteiger partial charge in [0.15, 0.2) is 5.82 Å². The first-order valence-electron chi connectivity index (χ1n) is 6.46. The van der Waals surface area contributed by atoms with E-state index in [9.17, 15) is 9.59 Å². The predicted molar refractivity (Wildman–Crippen MR) is 77.7 cm³/mol. The third-order valence-corrected chi connectivity index (χ3v) is 2.82. The third kappa shape index (κ3) is 3.88. The van der Waals surface area contributed by atoms with Gasteiger partial charge < -0.3 is 10.2 Å². The molecule has 0 saturated heterocycles. The fraction of sp³-hybridized carbons (Fsp3) is 0.286. The molecule has 0 saturated carbocycles. The number of carbonyl (C=O) groups excluding carboxylic acids is 2. The zero-order valence-corrected chi connectivity index (χ0v) is 12.2. The van der Waals surface area contributed by atoms with E-state index in [4.69, 9.17) is 0 Å². The Balaban J connectivity index is 2.03. The zero-order valence-electron chi connectivity index (χ0n) is 12.2. The number of nitrogens with zero attached hydrogens (tertiary/aromatic N) is 3. The van der Waals surface area contributed by atoms with Crippen LogP contribution in [0.1, 0.15) is 28.9 Å². The number of H-pyrrole nitrogens is 1. The molecule has 2 amide bonds. The van der Waals surface area contributed by atoms with Crippen molar-refractivity contribution in [2.75, 3.05) is 12.4 Å². The van der Waals surface area contributed by atoms with E-state index in [1.807, 2.05) is 0 Å². The van der Waals surface area contributed by atoms with Crippen molar-refractivity contribution in [1.82, 2.24) is 20.1 Å². The van der Waals surface area contributed by atoms with Crippen molar-refractivity contribution in [2.45, 2.75) is 20.4 Å². The number of aryl methyl sites for hydroxylation is 1. The molecular formula is C14H17N5O2. The molecule has 7 heteroatoms. The lowest BCUT2D eigenvalue weighted by atomic mass is 10.2. The lowest BCUT2D eigenvalue weighted by Crippen LogP contribution is -2.26. The minimum absolute atomic E-state index is 0.133. The summed E-state index contributed by atoms with van der Waals surface area (Å²) in [6.07, 6.45) is 0. The molecule has 0 spiro atoms. The summed E-state index contributed by atoms with van der Waals surface area (Å²) in [6, 6.07) is 6.74. The second-order valence-corrected chi connectivity index (χ2v) is 4.76. The van der Waals surface area contributed by atoms with E-state index < -0.39 is 0 Å². The van der Waals surface area contributed by atoms with Crippen LogP contribution >= 0.6 is 0 Å². The fourth-order valence-corrected chi connectivity index (χ4v) is 1.86. The Morgan fingerprint density at radius 2 is 1.95 bits per heavy atom. The van der Waals surface area contributed by atoms with Crippen molar-refractivity contribution in [3.8, 4) is 0 Å². The van der Waals surface area contributed by atoms with Gasteiger partial charge in [-0.15, -0.1) is 0 Å². The molecule has 0 radical (unpaired) electrons. The number of aromatic amines is 1. The minimum Gasteiger partial charge on any atom is -0.334 e. The summed E-state index contributed by atoms with van der Waals surface area (Å²) in [4.78, 5) is 28.9. The molecule has 1 heterocycles. The average Bonchev–Trinajstić information content (AvgIpc) is 2.83. The van der Waals surface area contributed by atoms with Crippen LogP contribution in [0.4, 0.5) is 5.69 Å². The van der Waals surface area contributed by atoms with E-state index in [1.165, 1.54) is 11.8 Å². The van der Waals surface area contributed by atoms with Crippen LogP contribution in [0.5, 0.6) is 0 Å². The van der Waals surface area contributed by atoms with Crippen LogP contribution in [0.25, 0.3) is 0 Å². The molecule has 0 bridgehead atoms. The maximum absolute atomic E-state index is 12.3. The maximum atomic E-state index is 12.3. The van der Waals surface area contributed by atoms with Crippen molar-refractivity contribution in [3.05, 3.63) is 41.5 Å². The lowest BCUT2D eigenvalue weighted by Gasteiger charge is -2.15. The average molecular weight is 287 g/mol. The number of aromatic nitrogens is 3. The smallest absolute Gasteiger partial charge is 0.254 e. The van der Waals surface area contributed by atoms with Gasteiger partial charge in [-0.05, 0) is 31.2 Å². The highest BCUT2D eigenvalue weighted by Crippen LogP contribution is 2.12. The van der Waals surface area contributed by atoms with Gasteiger partial charge >= 0.3 is 0 Å². The lowest BCUT2D eigenvalue weighted by molar-refractivity contribution is -0.114. The van der Waals surface area contributed by atoms with E-state index >= 15 is 0 Å². The number of hydrogen-bond acceptors (Lipinski definition) is 4. The van der Waals surface area contributed by atoms with Gasteiger partial charge in [-0.2, -0.15) is 5.10 Å². The first-order valence-corrected chi connectivity index (χ1v) is 6.46. The minimum atomic E-state index is -0.147. The molecule has 1 aromatic heterocycles. The molecule has 21 heavy (non-hydrogen) atoms. The Labute approximate surface area is 122 Å². The molecule has 110 valence electrons. The normalized spacial score (nSPS) is 10.2. The number of hydrogen-bond donors (Lipinski definition) is 2. The van der Waals surface area contributed by atoms with Crippen LogP contribution in [0.15, 0.2) is 24.3 Å². The third-order valence-electron chi connectivity index (χ3n) is 2.82. The van der Waals surface area contributed by atoms with Crippen LogP contribution in [0.3, 0.4) is 0 Å². The van der Waals surface area contributed by atoms with E-state index in [0.29, 0.717) is 29.4 Å². The molecule has 2 rings (SSSR count). The van der Waals surface area contributed by atoms with Crippen molar-refractivity contribution < 1.29 is 9.59 Å². The zero-order chi connectivity index (χ0) is 15.4. The number of anilines is 1. The Kier molecular flexibility index (Phi) is 4.32. The molecule has 0 unspecified atom stereocenters. The fourth-order valence-electron chi connectivity index (χ4n) is 1.86. The number of benzene rings is 1. The summed E-state index contributed by atoms with van der Waals surface area (Å²) in [6.45, 7) is 3.57. The Morgan fingerprint density at radius 1 is 1.29 bits per heavy atom. The molecule has 0 fully saturated rings. The molecule has 7 nitrogen and oxygen atoms in total. The van der Waals surface area contributed by atoms with Crippen LogP contribution in [0.2, 0.25) is 0 Å². The number of amides is 2. The van der Waals surface area contributed by atoms with E-state index in [0.717, 1.165) is 0 Å². The maximum Gasteiger partial charge on any atom is 0.254 e. The standard InChI is InChI=1S/C14H17N5O2/c1-9-15-13(18-17-9)8-19(3)14(21)11-4-6-12(7-5-11)16-10(2)20/h4-7H,8H2,1-3H3,(H,16,20)(H,15,17,18). The van der Waals surface area contributed by atoms with Gasteiger partial charge in [0.1, 0.15) is 5.82 Å². The summed E-state index contributed by atoms with van der Waals surface area (Å²) in [5, 5.41) is 9.39. The van der Waals surface area contributed by atoms with Crippen molar-refractivity contribution in [2.24, 2.45) is 0 Å². The highest BCUT2D eigenvalue weighted by atomic mass is 16.2. The van der Waals surface area contributed by atoms with Crippen LogP contribution in [0, 0.1) is 6.92 Å². The molecule has 0 aliphatic rings. The van der Waals surface area contributed by atoms with Gasteiger partial charge in [-0.25, -0.2) is 4.98 Å². The monoisotopic (exact) mass is 287 g/mol. The Hall–Kier alpha value is -2.70. The highest BCUT2D eigenvalue weighted by Gasteiger charge is 2.14.